The quantitative estimate of drug-likeness (QED) is 0.746. The molecule has 14 heavy (non-hydrogen) atoms. The Bertz CT molecular complexity index is 478. The van der Waals surface area contributed by atoms with Gasteiger partial charge in [-0.1, -0.05) is 11.6 Å². The lowest BCUT2D eigenvalue weighted by Crippen LogP contribution is -1.99. The zero-order valence-corrected chi connectivity index (χ0v) is 10.2. The molecule has 0 fully saturated rings. The van der Waals surface area contributed by atoms with Crippen molar-refractivity contribution in [3.63, 3.8) is 0 Å². The van der Waals surface area contributed by atoms with Crippen molar-refractivity contribution in [3.05, 3.63) is 22.1 Å². The minimum Gasteiger partial charge on any atom is -0.329 e. The summed E-state index contributed by atoms with van der Waals surface area (Å²) in [4.78, 5) is 8.17. The Morgan fingerprint density at radius 1 is 1.43 bits per heavy atom. The van der Waals surface area contributed by atoms with Crippen molar-refractivity contribution in [2.75, 3.05) is 0 Å². The van der Waals surface area contributed by atoms with Crippen molar-refractivity contribution in [3.8, 4) is 0 Å². The van der Waals surface area contributed by atoms with Crippen LogP contribution in [0.15, 0.2) is 17.0 Å². The molecule has 0 saturated heterocycles. The predicted octanol–water partition coefficient (Wildman–Crippen LogP) is 3.43. The van der Waals surface area contributed by atoms with Crippen LogP contribution in [-0.4, -0.2) is 14.5 Å². The standard InChI is InChI=1S/C9H9BrClN3/c1-5(2)14-3-6(10)7-8(11)12-4-13-9(7)14/h3-5H,1-2H3. The van der Waals surface area contributed by atoms with Crippen LogP contribution in [0.4, 0.5) is 0 Å². The van der Waals surface area contributed by atoms with Crippen LogP contribution in [0, 0.1) is 0 Å². The molecule has 0 bridgehead atoms. The van der Waals surface area contributed by atoms with Crippen LogP contribution in [0.5, 0.6) is 0 Å². The van der Waals surface area contributed by atoms with Gasteiger partial charge >= 0.3 is 0 Å². The average molecular weight is 275 g/mol. The molecule has 0 amide bonds. The van der Waals surface area contributed by atoms with E-state index in [4.69, 9.17) is 11.6 Å². The van der Waals surface area contributed by atoms with Crippen LogP contribution >= 0.6 is 27.5 Å². The minimum atomic E-state index is 0.356. The Labute approximate surface area is 95.2 Å². The highest BCUT2D eigenvalue weighted by molar-refractivity contribution is 9.10. The van der Waals surface area contributed by atoms with Crippen LogP contribution in [0.1, 0.15) is 19.9 Å². The molecule has 0 atom stereocenters. The van der Waals surface area contributed by atoms with Gasteiger partial charge in [-0.15, -0.1) is 0 Å². The highest BCUT2D eigenvalue weighted by Crippen LogP contribution is 2.31. The van der Waals surface area contributed by atoms with Gasteiger partial charge in [-0.3, -0.25) is 0 Å². The van der Waals surface area contributed by atoms with Crippen molar-refractivity contribution in [2.45, 2.75) is 19.9 Å². The second kappa shape index (κ2) is 3.51. The van der Waals surface area contributed by atoms with Crippen molar-refractivity contribution in [2.24, 2.45) is 0 Å². The third kappa shape index (κ3) is 1.42. The van der Waals surface area contributed by atoms with E-state index in [-0.39, 0.29) is 0 Å². The second-order valence-electron chi connectivity index (χ2n) is 3.34. The van der Waals surface area contributed by atoms with Gasteiger partial charge in [-0.25, -0.2) is 9.97 Å². The van der Waals surface area contributed by atoms with E-state index in [1.807, 2.05) is 6.20 Å². The molecular weight excluding hydrogens is 265 g/mol. The SMILES string of the molecule is CC(C)n1cc(Br)c2c(Cl)ncnc21. The van der Waals surface area contributed by atoms with E-state index in [9.17, 15) is 0 Å². The number of fused-ring (bicyclic) bond motifs is 1. The maximum absolute atomic E-state index is 5.99. The molecule has 5 heteroatoms. The lowest BCUT2D eigenvalue weighted by molar-refractivity contribution is 0.617. The van der Waals surface area contributed by atoms with Gasteiger partial charge in [0.2, 0.25) is 0 Å². The van der Waals surface area contributed by atoms with E-state index in [1.54, 1.807) is 0 Å². The van der Waals surface area contributed by atoms with Crippen LogP contribution < -0.4 is 0 Å². The molecule has 0 aromatic carbocycles. The van der Waals surface area contributed by atoms with Crippen LogP contribution in [0.25, 0.3) is 11.0 Å². The maximum atomic E-state index is 5.99. The number of hydrogen-bond acceptors (Lipinski definition) is 2. The normalized spacial score (nSPS) is 11.5. The predicted molar refractivity (Wildman–Crippen MR) is 60.6 cm³/mol. The molecule has 0 aliphatic carbocycles. The Morgan fingerprint density at radius 3 is 2.79 bits per heavy atom. The van der Waals surface area contributed by atoms with Gasteiger partial charge < -0.3 is 4.57 Å². The Kier molecular flexibility index (Phi) is 2.49. The number of hydrogen-bond donors (Lipinski definition) is 0. The van der Waals surface area contributed by atoms with Gasteiger partial charge in [0, 0.05) is 16.7 Å². The highest BCUT2D eigenvalue weighted by Gasteiger charge is 2.13. The minimum absolute atomic E-state index is 0.356. The third-order valence-electron chi connectivity index (χ3n) is 2.07. The molecule has 0 N–H and O–H groups in total. The maximum Gasteiger partial charge on any atom is 0.146 e. The fraction of sp³-hybridized carbons (Fsp3) is 0.333. The van der Waals surface area contributed by atoms with Gasteiger partial charge in [0.1, 0.15) is 17.1 Å². The van der Waals surface area contributed by atoms with Crippen molar-refractivity contribution in [1.29, 1.82) is 0 Å². The summed E-state index contributed by atoms with van der Waals surface area (Å²) in [7, 11) is 0. The van der Waals surface area contributed by atoms with Gasteiger partial charge in [0.05, 0.1) is 5.39 Å². The first-order valence-corrected chi connectivity index (χ1v) is 5.45. The molecule has 2 heterocycles. The summed E-state index contributed by atoms with van der Waals surface area (Å²) in [6, 6.07) is 0.356. The van der Waals surface area contributed by atoms with E-state index in [0.717, 1.165) is 15.5 Å². The van der Waals surface area contributed by atoms with Crippen molar-refractivity contribution in [1.82, 2.24) is 14.5 Å². The van der Waals surface area contributed by atoms with Crippen LogP contribution in [0.3, 0.4) is 0 Å². The van der Waals surface area contributed by atoms with Gasteiger partial charge in [-0.05, 0) is 29.8 Å². The number of rotatable bonds is 1. The molecule has 0 aliphatic heterocycles. The smallest absolute Gasteiger partial charge is 0.146 e. The largest absolute Gasteiger partial charge is 0.329 e. The molecule has 0 spiro atoms. The number of nitrogens with zero attached hydrogens (tertiary/aromatic N) is 3. The second-order valence-corrected chi connectivity index (χ2v) is 4.55. The van der Waals surface area contributed by atoms with Gasteiger partial charge in [0.25, 0.3) is 0 Å². The summed E-state index contributed by atoms with van der Waals surface area (Å²) in [5.41, 5.74) is 0.867. The molecular formula is C9H9BrClN3. The fourth-order valence-corrected chi connectivity index (χ4v) is 2.33. The van der Waals surface area contributed by atoms with E-state index in [0.29, 0.717) is 11.2 Å². The third-order valence-corrected chi connectivity index (χ3v) is 2.96. The summed E-state index contributed by atoms with van der Waals surface area (Å²) in [6.07, 6.45) is 3.46. The molecule has 2 aromatic rings. The van der Waals surface area contributed by atoms with Crippen LogP contribution in [-0.2, 0) is 0 Å². The van der Waals surface area contributed by atoms with Crippen LogP contribution in [0.2, 0.25) is 5.15 Å². The molecule has 2 aromatic heterocycles. The molecule has 0 radical (unpaired) electrons. The molecule has 0 unspecified atom stereocenters. The van der Waals surface area contributed by atoms with Crippen molar-refractivity contribution >= 4 is 38.6 Å². The number of halogens is 2. The van der Waals surface area contributed by atoms with Crippen molar-refractivity contribution < 1.29 is 0 Å². The lowest BCUT2D eigenvalue weighted by Gasteiger charge is -2.07. The highest BCUT2D eigenvalue weighted by atomic mass is 79.9. The Hall–Kier alpha value is -0.610. The number of aromatic nitrogens is 3. The summed E-state index contributed by atoms with van der Waals surface area (Å²) in [5.74, 6) is 0. The molecule has 74 valence electrons. The summed E-state index contributed by atoms with van der Waals surface area (Å²) >= 11 is 9.44. The summed E-state index contributed by atoms with van der Waals surface area (Å²) in [6.45, 7) is 4.20. The lowest BCUT2D eigenvalue weighted by atomic mass is 10.4. The van der Waals surface area contributed by atoms with Gasteiger partial charge in [-0.2, -0.15) is 0 Å². The monoisotopic (exact) mass is 273 g/mol. The zero-order chi connectivity index (χ0) is 10.3. The average Bonchev–Trinajstić information content (AvgIpc) is 2.45. The first-order valence-electron chi connectivity index (χ1n) is 4.27. The first-order chi connectivity index (χ1) is 6.61. The van der Waals surface area contributed by atoms with E-state index in [2.05, 4.69) is 44.3 Å². The molecule has 3 nitrogen and oxygen atoms in total. The topological polar surface area (TPSA) is 30.7 Å². The van der Waals surface area contributed by atoms with Gasteiger partial charge in [0.15, 0.2) is 0 Å². The summed E-state index contributed by atoms with van der Waals surface area (Å²) < 4.78 is 3.00. The zero-order valence-electron chi connectivity index (χ0n) is 7.83. The van der Waals surface area contributed by atoms with E-state index in [1.165, 1.54) is 6.33 Å². The Balaban J connectivity index is 2.84. The van der Waals surface area contributed by atoms with E-state index < -0.39 is 0 Å². The molecule has 0 aliphatic rings. The Morgan fingerprint density at radius 2 is 2.14 bits per heavy atom. The fourth-order valence-electron chi connectivity index (χ4n) is 1.40. The van der Waals surface area contributed by atoms with E-state index >= 15 is 0 Å². The molecule has 2 rings (SSSR count). The first kappa shape index (κ1) is 9.93. The molecule has 0 saturated carbocycles. The summed E-state index contributed by atoms with van der Waals surface area (Å²) in [5, 5.41) is 1.36.